The molecule has 2 aromatic carbocycles. The fourth-order valence-electron chi connectivity index (χ4n) is 4.82. The molecule has 1 saturated carbocycles. The molecule has 20 heteroatoms. The van der Waals surface area contributed by atoms with Crippen molar-refractivity contribution in [2.45, 2.75) is 63.5 Å². The van der Waals surface area contributed by atoms with Gasteiger partial charge in [0.2, 0.25) is 5.95 Å². The van der Waals surface area contributed by atoms with E-state index in [2.05, 4.69) is 36.5 Å². The van der Waals surface area contributed by atoms with Crippen molar-refractivity contribution < 1.29 is 55.7 Å². The number of alkyl halides is 6. The third-order valence-corrected chi connectivity index (χ3v) is 7.38. The van der Waals surface area contributed by atoms with E-state index in [9.17, 15) is 31.1 Å². The molecule has 2 heterocycles. The van der Waals surface area contributed by atoms with E-state index in [1.807, 2.05) is 31.2 Å². The number of aliphatic carboxylic acids is 2. The van der Waals surface area contributed by atoms with Crippen LogP contribution in [0.15, 0.2) is 39.8 Å². The average Bonchev–Trinajstić information content (AvgIpc) is 3.46. The summed E-state index contributed by atoms with van der Waals surface area (Å²) in [5.41, 5.74) is 14.6. The van der Waals surface area contributed by atoms with Crippen LogP contribution >= 0.6 is 15.9 Å². The summed E-state index contributed by atoms with van der Waals surface area (Å²) in [6, 6.07) is 9.68. The highest BCUT2D eigenvalue weighted by Gasteiger charge is 2.39. The molecule has 49 heavy (non-hydrogen) atoms. The summed E-state index contributed by atoms with van der Waals surface area (Å²) in [5, 5.41) is 21.6. The van der Waals surface area contributed by atoms with E-state index in [0.717, 1.165) is 58.6 Å². The van der Waals surface area contributed by atoms with Crippen LogP contribution in [0.5, 0.6) is 5.75 Å². The van der Waals surface area contributed by atoms with Gasteiger partial charge in [0.25, 0.3) is 5.91 Å². The first-order chi connectivity index (χ1) is 22.8. The lowest BCUT2D eigenvalue weighted by molar-refractivity contribution is -0.193. The van der Waals surface area contributed by atoms with Crippen molar-refractivity contribution in [2.24, 2.45) is 16.5 Å². The highest BCUT2D eigenvalue weighted by molar-refractivity contribution is 9.10. The van der Waals surface area contributed by atoms with Gasteiger partial charge in [-0.1, -0.05) is 40.4 Å². The normalized spacial score (nSPS) is 16.8. The quantitative estimate of drug-likeness (QED) is 0.113. The number of guanidine groups is 1. The Morgan fingerprint density at radius 2 is 1.59 bits per heavy atom. The number of rotatable bonds is 5. The van der Waals surface area contributed by atoms with E-state index in [-0.39, 0.29) is 29.9 Å². The highest BCUT2D eigenvalue weighted by atomic mass is 79.9. The SMILES string of the molecule is Cc1ccc2nc(NC(=O)c3cc(Br)cc4c3OCC4)nc(NC3CCCCC3N=C(N)N)c2c1.O=C(O)C(F)(F)F.O=C(O)C(F)(F)F. The summed E-state index contributed by atoms with van der Waals surface area (Å²) in [4.78, 5) is 44.8. The van der Waals surface area contributed by atoms with E-state index in [4.69, 9.17) is 41.0 Å². The second kappa shape index (κ2) is 16.0. The number of benzene rings is 2. The number of hydrogen-bond donors (Lipinski definition) is 6. The summed E-state index contributed by atoms with van der Waals surface area (Å²) in [6.07, 6.45) is -5.43. The Bertz CT molecular complexity index is 1710. The monoisotopic (exact) mass is 765 g/mol. The largest absolute Gasteiger partial charge is 0.492 e. The highest BCUT2D eigenvalue weighted by Crippen LogP contribution is 2.34. The van der Waals surface area contributed by atoms with E-state index in [1.54, 1.807) is 6.07 Å². The van der Waals surface area contributed by atoms with E-state index >= 15 is 0 Å². The van der Waals surface area contributed by atoms with E-state index < -0.39 is 24.3 Å². The van der Waals surface area contributed by atoms with Crippen molar-refractivity contribution in [3.05, 3.63) is 51.5 Å². The molecule has 1 aromatic heterocycles. The zero-order valence-corrected chi connectivity index (χ0v) is 27.0. The van der Waals surface area contributed by atoms with Crippen LogP contribution in [-0.4, -0.2) is 75.0 Å². The number of nitrogens with one attached hydrogen (secondary N) is 2. The molecular formula is C29H30BrF6N7O6. The van der Waals surface area contributed by atoms with Crippen LogP contribution in [0.2, 0.25) is 0 Å². The molecule has 13 nitrogen and oxygen atoms in total. The van der Waals surface area contributed by atoms with Crippen molar-refractivity contribution in [3.63, 3.8) is 0 Å². The van der Waals surface area contributed by atoms with Crippen LogP contribution in [0.25, 0.3) is 10.9 Å². The van der Waals surface area contributed by atoms with Crippen molar-refractivity contribution in [1.82, 2.24) is 9.97 Å². The molecule has 2 unspecified atom stereocenters. The van der Waals surface area contributed by atoms with Gasteiger partial charge in [0.05, 0.1) is 29.8 Å². The summed E-state index contributed by atoms with van der Waals surface area (Å²) >= 11 is 3.49. The van der Waals surface area contributed by atoms with Gasteiger partial charge in [-0.15, -0.1) is 0 Å². The molecule has 1 aliphatic carbocycles. The number of carboxylic acid groups (broad SMARTS) is 2. The molecule has 1 aliphatic heterocycles. The van der Waals surface area contributed by atoms with Crippen molar-refractivity contribution >= 4 is 62.4 Å². The fraction of sp³-hybridized carbons (Fsp3) is 0.379. The number of fused-ring (bicyclic) bond motifs is 2. The van der Waals surface area contributed by atoms with Crippen molar-refractivity contribution in [1.29, 1.82) is 0 Å². The first-order valence-electron chi connectivity index (χ1n) is 14.3. The summed E-state index contributed by atoms with van der Waals surface area (Å²) in [6.45, 7) is 2.58. The number of hydrogen-bond acceptors (Lipinski definition) is 8. The van der Waals surface area contributed by atoms with Crippen LogP contribution in [0, 0.1) is 6.92 Å². The number of ether oxygens (including phenoxy) is 1. The first kappa shape index (κ1) is 38.6. The van der Waals surface area contributed by atoms with Crippen LogP contribution in [0.3, 0.4) is 0 Å². The number of nitrogens with two attached hydrogens (primary N) is 2. The molecule has 1 amide bonds. The Hall–Kier alpha value is -4.88. The zero-order valence-electron chi connectivity index (χ0n) is 25.5. The Balaban J connectivity index is 0.000000392. The molecule has 8 N–H and O–H groups in total. The van der Waals surface area contributed by atoms with Crippen LogP contribution in [0.1, 0.15) is 47.2 Å². The fourth-order valence-corrected chi connectivity index (χ4v) is 5.32. The van der Waals surface area contributed by atoms with Crippen LogP contribution in [-0.2, 0) is 16.0 Å². The summed E-state index contributed by atoms with van der Waals surface area (Å²) in [5.74, 6) is -4.27. The Morgan fingerprint density at radius 3 is 2.18 bits per heavy atom. The minimum Gasteiger partial charge on any atom is -0.492 e. The second-order valence-corrected chi connectivity index (χ2v) is 11.6. The molecule has 0 bridgehead atoms. The molecule has 0 radical (unpaired) electrons. The minimum absolute atomic E-state index is 0.0229. The number of aromatic nitrogens is 2. The maximum atomic E-state index is 13.2. The van der Waals surface area contributed by atoms with Crippen molar-refractivity contribution in [2.75, 3.05) is 17.2 Å². The zero-order chi connectivity index (χ0) is 36.7. The Labute approximate surface area is 282 Å². The number of aryl methyl sites for hydroxylation is 1. The predicted molar refractivity (Wildman–Crippen MR) is 168 cm³/mol. The lowest BCUT2D eigenvalue weighted by Gasteiger charge is -2.30. The first-order valence-corrected chi connectivity index (χ1v) is 15.1. The van der Waals surface area contributed by atoms with Gasteiger partial charge in [-0.2, -0.15) is 31.3 Å². The number of carbonyl (C=O) groups is 3. The van der Waals surface area contributed by atoms with E-state index in [1.165, 1.54) is 0 Å². The number of nitrogens with zero attached hydrogens (tertiary/aromatic N) is 3. The molecule has 2 atom stereocenters. The third-order valence-electron chi connectivity index (χ3n) is 6.92. The topological polar surface area (TPSA) is 215 Å². The molecule has 5 rings (SSSR count). The maximum Gasteiger partial charge on any atom is 0.490 e. The van der Waals surface area contributed by atoms with Crippen molar-refractivity contribution in [3.8, 4) is 5.75 Å². The van der Waals surface area contributed by atoms with Gasteiger partial charge in [-0.05, 0) is 49.6 Å². The van der Waals surface area contributed by atoms with Gasteiger partial charge in [0.1, 0.15) is 11.6 Å². The average molecular weight is 766 g/mol. The van der Waals surface area contributed by atoms with Crippen LogP contribution in [0.4, 0.5) is 38.1 Å². The number of amides is 1. The van der Waals surface area contributed by atoms with Crippen LogP contribution < -0.4 is 26.8 Å². The van der Waals surface area contributed by atoms with Gasteiger partial charge >= 0.3 is 24.3 Å². The van der Waals surface area contributed by atoms with Gasteiger partial charge in [-0.25, -0.2) is 19.6 Å². The smallest absolute Gasteiger partial charge is 0.490 e. The Kier molecular flexibility index (Phi) is 12.6. The summed E-state index contributed by atoms with van der Waals surface area (Å²) in [7, 11) is 0. The molecule has 0 spiro atoms. The van der Waals surface area contributed by atoms with Gasteiger partial charge in [0, 0.05) is 16.3 Å². The number of halogens is 7. The molecular weight excluding hydrogens is 736 g/mol. The standard InChI is InChI=1S/C25H28BrN7O2.2C2HF3O2/c1-13-6-7-18-16(10-13)22(29-19-4-2-3-5-20(19)30-24(27)28)32-25(31-18)33-23(34)17-12-15(26)11-14-8-9-35-21(14)17;2*3-2(4,5)1(6)7/h6-7,10-12,19-20H,2-5,8-9H2,1H3,(H4,27,28,30)(H2,29,31,32,33,34);2*(H,6,7). The molecule has 266 valence electrons. The molecule has 0 saturated heterocycles. The number of carboxylic acids is 2. The second-order valence-electron chi connectivity index (χ2n) is 10.7. The van der Waals surface area contributed by atoms with E-state index in [0.29, 0.717) is 23.7 Å². The lowest BCUT2D eigenvalue weighted by Crippen LogP contribution is -2.38. The molecule has 1 fully saturated rings. The Morgan fingerprint density at radius 1 is 0.980 bits per heavy atom. The minimum atomic E-state index is -5.08. The molecule has 3 aromatic rings. The third kappa shape index (κ3) is 11.1. The number of anilines is 2. The predicted octanol–water partition coefficient (Wildman–Crippen LogP) is 5.15. The number of aliphatic imine (C=N–C) groups is 1. The molecule has 2 aliphatic rings. The summed E-state index contributed by atoms with van der Waals surface area (Å²) < 4.78 is 70.0. The van der Waals surface area contributed by atoms with Gasteiger partial charge in [-0.3, -0.25) is 10.1 Å². The number of carbonyl (C=O) groups excluding carboxylic acids is 1. The maximum absolute atomic E-state index is 13.2. The van der Waals surface area contributed by atoms with Gasteiger partial charge in [0.15, 0.2) is 5.96 Å². The lowest BCUT2D eigenvalue weighted by atomic mass is 9.90. The van der Waals surface area contributed by atoms with Gasteiger partial charge < -0.3 is 31.7 Å².